The highest BCUT2D eigenvalue weighted by atomic mass is 35.5. The van der Waals surface area contributed by atoms with Gasteiger partial charge in [0.25, 0.3) is 0 Å². The van der Waals surface area contributed by atoms with Crippen molar-refractivity contribution in [2.75, 3.05) is 18.5 Å². The van der Waals surface area contributed by atoms with Crippen LogP contribution in [0.5, 0.6) is 11.5 Å². The molecule has 0 fully saturated rings. The number of hydrogen-bond donors (Lipinski definition) is 1. The van der Waals surface area contributed by atoms with E-state index in [2.05, 4.69) is 24.3 Å². The number of nitrogens with zero attached hydrogens (tertiary/aromatic N) is 2. The average Bonchev–Trinajstić information content (AvgIpc) is 2.77. The van der Waals surface area contributed by atoms with Gasteiger partial charge in [0.1, 0.15) is 0 Å². The Hall–Kier alpha value is -2.21. The van der Waals surface area contributed by atoms with E-state index < -0.39 is 0 Å². The minimum Gasteiger partial charge on any atom is -0.490 e. The van der Waals surface area contributed by atoms with E-state index in [1.807, 2.05) is 18.5 Å². The van der Waals surface area contributed by atoms with Crippen molar-refractivity contribution in [1.29, 1.82) is 0 Å². The number of fused-ring (bicyclic) bond motifs is 1. The van der Waals surface area contributed by atoms with Gasteiger partial charge in [-0.25, -0.2) is 0 Å². The van der Waals surface area contributed by atoms with Gasteiger partial charge in [0.05, 0.1) is 36.0 Å². The molecule has 6 nitrogen and oxygen atoms in total. The highest BCUT2D eigenvalue weighted by Gasteiger charge is 2.18. The number of benzene rings is 1. The van der Waals surface area contributed by atoms with Gasteiger partial charge in [0.15, 0.2) is 11.5 Å². The maximum absolute atomic E-state index is 12.6. The highest BCUT2D eigenvalue weighted by molar-refractivity contribution is 6.34. The van der Waals surface area contributed by atoms with Crippen LogP contribution < -0.4 is 14.8 Å². The van der Waals surface area contributed by atoms with Crippen molar-refractivity contribution >= 4 is 23.2 Å². The van der Waals surface area contributed by atoms with Gasteiger partial charge in [-0.3, -0.25) is 9.48 Å². The van der Waals surface area contributed by atoms with Gasteiger partial charge in [0.2, 0.25) is 5.91 Å². The van der Waals surface area contributed by atoms with Gasteiger partial charge in [-0.15, -0.1) is 0 Å². The Labute approximate surface area is 164 Å². The number of ether oxygens (including phenoxy) is 2. The van der Waals surface area contributed by atoms with Crippen LogP contribution in [0.15, 0.2) is 12.1 Å². The molecule has 1 aromatic carbocycles. The molecular formula is C20H26ClN3O3. The summed E-state index contributed by atoms with van der Waals surface area (Å²) in [6, 6.07) is 3.41. The molecule has 1 aromatic heterocycles. The van der Waals surface area contributed by atoms with E-state index in [9.17, 15) is 4.79 Å². The Morgan fingerprint density at radius 2 is 1.93 bits per heavy atom. The van der Waals surface area contributed by atoms with Gasteiger partial charge in [-0.2, -0.15) is 5.10 Å². The lowest BCUT2D eigenvalue weighted by Crippen LogP contribution is -2.16. The van der Waals surface area contributed by atoms with Crippen LogP contribution in [0.4, 0.5) is 5.69 Å². The predicted octanol–water partition coefficient (Wildman–Crippen LogP) is 4.15. The number of amides is 1. The minimum atomic E-state index is -0.137. The zero-order valence-electron chi connectivity index (χ0n) is 16.3. The van der Waals surface area contributed by atoms with E-state index in [0.29, 0.717) is 41.3 Å². The largest absolute Gasteiger partial charge is 0.490 e. The lowest BCUT2D eigenvalue weighted by Gasteiger charge is -2.13. The summed E-state index contributed by atoms with van der Waals surface area (Å²) in [5.74, 6) is 1.56. The fourth-order valence-corrected chi connectivity index (χ4v) is 3.35. The molecule has 0 bridgehead atoms. The quantitative estimate of drug-likeness (QED) is 0.831. The van der Waals surface area contributed by atoms with Crippen LogP contribution >= 0.6 is 11.6 Å². The maximum atomic E-state index is 12.6. The topological polar surface area (TPSA) is 65.4 Å². The van der Waals surface area contributed by atoms with E-state index in [1.54, 1.807) is 12.1 Å². The molecule has 1 aliphatic heterocycles. The second-order valence-electron chi connectivity index (χ2n) is 7.28. The van der Waals surface area contributed by atoms with Crippen LogP contribution in [-0.4, -0.2) is 28.9 Å². The third kappa shape index (κ3) is 4.56. The van der Waals surface area contributed by atoms with Crippen LogP contribution in [0.1, 0.15) is 37.2 Å². The number of hydrogen-bond acceptors (Lipinski definition) is 4. The van der Waals surface area contributed by atoms with Crippen LogP contribution in [0.25, 0.3) is 0 Å². The van der Waals surface area contributed by atoms with Gasteiger partial charge in [0, 0.05) is 36.4 Å². The molecule has 2 heterocycles. The molecule has 0 saturated carbocycles. The van der Waals surface area contributed by atoms with Crippen molar-refractivity contribution < 1.29 is 14.3 Å². The van der Waals surface area contributed by atoms with Crippen LogP contribution in [0.3, 0.4) is 0 Å². The fourth-order valence-electron chi connectivity index (χ4n) is 3.15. The SMILES string of the molecule is Cc1nn(CC(C)C)c(C)c1CC(=O)Nc1cc2c(cc1Cl)OCCCO2. The number of anilines is 1. The van der Waals surface area contributed by atoms with E-state index in [0.717, 1.165) is 29.9 Å². The Balaban J connectivity index is 1.75. The smallest absolute Gasteiger partial charge is 0.228 e. The van der Waals surface area contributed by atoms with Crippen LogP contribution in [0.2, 0.25) is 5.02 Å². The lowest BCUT2D eigenvalue weighted by atomic mass is 10.1. The second kappa shape index (κ2) is 8.21. The fraction of sp³-hybridized carbons (Fsp3) is 0.500. The van der Waals surface area contributed by atoms with Crippen molar-refractivity contribution in [3.05, 3.63) is 34.1 Å². The maximum Gasteiger partial charge on any atom is 0.228 e. The zero-order valence-corrected chi connectivity index (χ0v) is 17.0. The molecule has 2 aromatic rings. The summed E-state index contributed by atoms with van der Waals surface area (Å²) in [5.41, 5.74) is 3.39. The molecule has 27 heavy (non-hydrogen) atoms. The number of halogens is 1. The van der Waals surface area contributed by atoms with Crippen LogP contribution in [0, 0.1) is 19.8 Å². The molecule has 7 heteroatoms. The molecule has 0 spiro atoms. The van der Waals surface area contributed by atoms with Crippen molar-refractivity contribution in [3.8, 4) is 11.5 Å². The van der Waals surface area contributed by atoms with Crippen molar-refractivity contribution in [2.24, 2.45) is 5.92 Å². The van der Waals surface area contributed by atoms with E-state index >= 15 is 0 Å². The molecule has 3 rings (SSSR count). The van der Waals surface area contributed by atoms with E-state index in [4.69, 9.17) is 21.1 Å². The zero-order chi connectivity index (χ0) is 19.6. The van der Waals surface area contributed by atoms with Crippen molar-refractivity contribution in [2.45, 2.75) is 47.1 Å². The summed E-state index contributed by atoms with van der Waals surface area (Å²) in [6.45, 7) is 10.2. The molecule has 0 radical (unpaired) electrons. The van der Waals surface area contributed by atoms with Crippen LogP contribution in [-0.2, 0) is 17.8 Å². The molecule has 1 N–H and O–H groups in total. The molecule has 0 saturated heterocycles. The number of carbonyl (C=O) groups excluding carboxylic acids is 1. The normalized spacial score (nSPS) is 13.6. The second-order valence-corrected chi connectivity index (χ2v) is 7.69. The van der Waals surface area contributed by atoms with E-state index in [1.165, 1.54) is 0 Å². The first-order valence-electron chi connectivity index (χ1n) is 9.27. The summed E-state index contributed by atoms with van der Waals surface area (Å²) in [7, 11) is 0. The summed E-state index contributed by atoms with van der Waals surface area (Å²) < 4.78 is 13.3. The Morgan fingerprint density at radius 1 is 1.26 bits per heavy atom. The summed E-state index contributed by atoms with van der Waals surface area (Å²) in [4.78, 5) is 12.6. The summed E-state index contributed by atoms with van der Waals surface area (Å²) in [6.07, 6.45) is 1.06. The first-order valence-corrected chi connectivity index (χ1v) is 9.64. The Bertz CT molecular complexity index is 845. The van der Waals surface area contributed by atoms with Gasteiger partial charge in [-0.05, 0) is 19.8 Å². The third-order valence-electron chi connectivity index (χ3n) is 4.52. The number of aryl methyl sites for hydroxylation is 1. The molecule has 1 amide bonds. The molecule has 0 unspecified atom stereocenters. The average molecular weight is 392 g/mol. The molecule has 1 aliphatic rings. The summed E-state index contributed by atoms with van der Waals surface area (Å²) in [5, 5.41) is 7.89. The van der Waals surface area contributed by atoms with Crippen molar-refractivity contribution in [1.82, 2.24) is 9.78 Å². The summed E-state index contributed by atoms with van der Waals surface area (Å²) >= 11 is 6.32. The predicted molar refractivity (Wildman–Crippen MR) is 106 cm³/mol. The molecule has 146 valence electrons. The molecule has 0 atom stereocenters. The van der Waals surface area contributed by atoms with Gasteiger partial charge >= 0.3 is 0 Å². The third-order valence-corrected chi connectivity index (χ3v) is 4.83. The Morgan fingerprint density at radius 3 is 2.59 bits per heavy atom. The molecular weight excluding hydrogens is 366 g/mol. The highest BCUT2D eigenvalue weighted by Crippen LogP contribution is 2.37. The van der Waals surface area contributed by atoms with E-state index in [-0.39, 0.29) is 12.3 Å². The monoisotopic (exact) mass is 391 g/mol. The lowest BCUT2D eigenvalue weighted by molar-refractivity contribution is -0.115. The first-order chi connectivity index (χ1) is 12.8. The van der Waals surface area contributed by atoms with Gasteiger partial charge < -0.3 is 14.8 Å². The number of nitrogens with one attached hydrogen (secondary N) is 1. The number of rotatable bonds is 5. The standard InChI is InChI=1S/C20H26ClN3O3/c1-12(2)11-24-14(4)15(13(3)23-24)8-20(25)22-17-10-19-18(9-16(17)21)26-6-5-7-27-19/h9-10,12H,5-8,11H2,1-4H3,(H,22,25). The minimum absolute atomic E-state index is 0.137. The number of carbonyl (C=O) groups is 1. The first kappa shape index (κ1) is 19.5. The molecule has 0 aliphatic carbocycles. The van der Waals surface area contributed by atoms with Crippen molar-refractivity contribution in [3.63, 3.8) is 0 Å². The van der Waals surface area contributed by atoms with Gasteiger partial charge in [-0.1, -0.05) is 25.4 Å². The Kier molecular flexibility index (Phi) is 5.95. The number of aromatic nitrogens is 2.